The Morgan fingerprint density at radius 1 is 0.857 bits per heavy atom. The van der Waals surface area contributed by atoms with Crippen LogP contribution < -0.4 is 0 Å². The fraction of sp³-hybridized carbons (Fsp3) is 0.0400. The van der Waals surface area contributed by atoms with E-state index in [9.17, 15) is 9.65 Å². The molecule has 0 saturated carbocycles. The number of aryl methyl sites for hydroxylation is 1. The van der Waals surface area contributed by atoms with Crippen molar-refractivity contribution in [1.82, 2.24) is 4.98 Å². The summed E-state index contributed by atoms with van der Waals surface area (Å²) >= 11 is 0. The van der Waals surface area contributed by atoms with Crippen molar-refractivity contribution in [1.29, 1.82) is 5.26 Å². The Hall–Kier alpha value is -3.77. The minimum absolute atomic E-state index is 0.266. The summed E-state index contributed by atoms with van der Waals surface area (Å²) in [4.78, 5) is 4.63. The van der Waals surface area contributed by atoms with Gasteiger partial charge in [-0.25, -0.2) is 4.39 Å². The molecule has 1 heterocycles. The van der Waals surface area contributed by atoms with Gasteiger partial charge in [0.1, 0.15) is 5.82 Å². The molecule has 0 unspecified atom stereocenters. The van der Waals surface area contributed by atoms with Crippen molar-refractivity contribution in [2.75, 3.05) is 0 Å². The number of pyridine rings is 1. The fourth-order valence-corrected chi connectivity index (χ4v) is 4.01. The molecule has 2 nitrogen and oxygen atoms in total. The summed E-state index contributed by atoms with van der Waals surface area (Å²) in [5.74, 6) is -0.266. The second kappa shape index (κ2) is 6.14. The highest BCUT2D eigenvalue weighted by atomic mass is 19.1. The summed E-state index contributed by atoms with van der Waals surface area (Å²) in [6, 6.07) is 23.0. The predicted octanol–water partition coefficient (Wildman–Crippen LogP) is 6.53. The highest BCUT2D eigenvalue weighted by molar-refractivity contribution is 6.13. The van der Waals surface area contributed by atoms with E-state index in [4.69, 9.17) is 0 Å². The highest BCUT2D eigenvalue weighted by Gasteiger charge is 2.15. The number of aromatic nitrogens is 1. The first-order valence-electron chi connectivity index (χ1n) is 9.07. The zero-order valence-corrected chi connectivity index (χ0v) is 15.2. The van der Waals surface area contributed by atoms with Crippen LogP contribution >= 0.6 is 0 Å². The van der Waals surface area contributed by atoms with Crippen LogP contribution in [0.2, 0.25) is 0 Å². The molecule has 0 radical (unpaired) electrons. The van der Waals surface area contributed by atoms with Crippen LogP contribution in [0, 0.1) is 24.1 Å². The van der Waals surface area contributed by atoms with Crippen molar-refractivity contribution >= 4 is 32.3 Å². The molecule has 0 aliphatic heterocycles. The molecule has 1 aromatic heterocycles. The topological polar surface area (TPSA) is 36.7 Å². The maximum Gasteiger partial charge on any atom is 0.131 e. The monoisotopic (exact) mass is 362 g/mol. The molecule has 0 saturated heterocycles. The van der Waals surface area contributed by atoms with Crippen LogP contribution in [0.15, 0.2) is 72.9 Å². The summed E-state index contributed by atoms with van der Waals surface area (Å²) in [7, 11) is 0. The third kappa shape index (κ3) is 2.35. The zero-order chi connectivity index (χ0) is 19.3. The maximum atomic E-state index is 14.9. The van der Waals surface area contributed by atoms with E-state index in [0.29, 0.717) is 16.6 Å². The normalized spacial score (nSPS) is 11.2. The van der Waals surface area contributed by atoms with Crippen molar-refractivity contribution in [3.63, 3.8) is 0 Å². The largest absolute Gasteiger partial charge is 0.255 e. The summed E-state index contributed by atoms with van der Waals surface area (Å²) < 4.78 is 14.9. The van der Waals surface area contributed by atoms with Gasteiger partial charge in [-0.05, 0) is 52.2 Å². The lowest BCUT2D eigenvalue weighted by Crippen LogP contribution is -1.93. The Bertz CT molecular complexity index is 1440. The van der Waals surface area contributed by atoms with Crippen molar-refractivity contribution in [2.45, 2.75) is 6.92 Å². The van der Waals surface area contributed by atoms with Gasteiger partial charge in [0.05, 0.1) is 17.3 Å². The molecular formula is C25H15FN2. The van der Waals surface area contributed by atoms with Gasteiger partial charge in [-0.2, -0.15) is 5.26 Å². The van der Waals surface area contributed by atoms with Crippen molar-refractivity contribution < 1.29 is 4.39 Å². The Balaban J connectivity index is 1.92. The van der Waals surface area contributed by atoms with Crippen molar-refractivity contribution in [3.05, 3.63) is 89.9 Å². The lowest BCUT2D eigenvalue weighted by Gasteiger charge is -2.13. The molecule has 4 aromatic carbocycles. The molecule has 0 N–H and O–H groups in total. The van der Waals surface area contributed by atoms with E-state index in [1.807, 2.05) is 67.7 Å². The second-order valence-corrected chi connectivity index (χ2v) is 6.97. The lowest BCUT2D eigenvalue weighted by molar-refractivity contribution is 0.641. The number of hydrogen-bond acceptors (Lipinski definition) is 2. The number of benzene rings is 4. The van der Waals surface area contributed by atoms with Gasteiger partial charge in [0, 0.05) is 22.5 Å². The average molecular weight is 362 g/mol. The van der Waals surface area contributed by atoms with Gasteiger partial charge in [-0.3, -0.25) is 4.98 Å². The first kappa shape index (κ1) is 16.4. The summed E-state index contributed by atoms with van der Waals surface area (Å²) in [5.41, 5.74) is 3.09. The van der Waals surface area contributed by atoms with E-state index >= 15 is 0 Å². The standard InChI is InChI=1S/C25H15FN2/c1-15-14-28-25(17-10-16-6-2-3-7-19(16)18(11-17)13-27)22-12-23(26)20-8-4-5-9-21(20)24(15)22/h2-12,14H,1H3. The van der Waals surface area contributed by atoms with Gasteiger partial charge < -0.3 is 0 Å². The average Bonchev–Trinajstić information content (AvgIpc) is 2.73. The molecule has 28 heavy (non-hydrogen) atoms. The maximum absolute atomic E-state index is 14.9. The van der Waals surface area contributed by atoms with Crippen molar-refractivity contribution in [3.8, 4) is 17.3 Å². The molecule has 0 fully saturated rings. The zero-order valence-electron chi connectivity index (χ0n) is 15.2. The van der Waals surface area contributed by atoms with E-state index in [1.165, 1.54) is 0 Å². The fourth-order valence-electron chi connectivity index (χ4n) is 4.01. The molecule has 0 aliphatic carbocycles. The minimum atomic E-state index is -0.266. The Labute approximate surface area is 161 Å². The van der Waals surface area contributed by atoms with E-state index in [2.05, 4.69) is 11.1 Å². The van der Waals surface area contributed by atoms with Crippen molar-refractivity contribution in [2.24, 2.45) is 0 Å². The molecule has 0 aliphatic rings. The van der Waals surface area contributed by atoms with E-state index < -0.39 is 0 Å². The first-order valence-corrected chi connectivity index (χ1v) is 9.07. The molecule has 0 amide bonds. The van der Waals surface area contributed by atoms with Crippen LogP contribution in [0.1, 0.15) is 11.1 Å². The van der Waals surface area contributed by atoms with Gasteiger partial charge in [-0.1, -0.05) is 48.5 Å². The van der Waals surface area contributed by atoms with Crippen LogP contribution in [0.25, 0.3) is 43.6 Å². The number of rotatable bonds is 1. The number of fused-ring (bicyclic) bond motifs is 4. The molecule has 0 bridgehead atoms. The third-order valence-electron chi connectivity index (χ3n) is 5.29. The Kier molecular flexibility index (Phi) is 3.60. The van der Waals surface area contributed by atoms with Gasteiger partial charge in [0.25, 0.3) is 0 Å². The van der Waals surface area contributed by atoms with Crippen LogP contribution in [-0.4, -0.2) is 4.98 Å². The molecule has 5 rings (SSSR count). The van der Waals surface area contributed by atoms with Crippen LogP contribution in [0.4, 0.5) is 4.39 Å². The lowest BCUT2D eigenvalue weighted by atomic mass is 9.93. The van der Waals surface area contributed by atoms with Gasteiger partial charge in [-0.15, -0.1) is 0 Å². The van der Waals surface area contributed by atoms with E-state index in [0.717, 1.165) is 38.1 Å². The molecule has 0 atom stereocenters. The second-order valence-electron chi connectivity index (χ2n) is 6.97. The molecular weight excluding hydrogens is 347 g/mol. The molecule has 0 spiro atoms. The SMILES string of the molecule is Cc1cnc(-c2cc(C#N)c3ccccc3c2)c2cc(F)c3ccccc3c12. The minimum Gasteiger partial charge on any atom is -0.255 e. The quantitative estimate of drug-likeness (QED) is 0.318. The summed E-state index contributed by atoms with van der Waals surface area (Å²) in [5, 5.41) is 14.7. The number of nitriles is 1. The van der Waals surface area contributed by atoms with Crippen LogP contribution in [0.5, 0.6) is 0 Å². The number of nitrogens with zero attached hydrogens (tertiary/aromatic N) is 2. The van der Waals surface area contributed by atoms with Crippen LogP contribution in [0.3, 0.4) is 0 Å². The molecule has 5 aromatic rings. The smallest absolute Gasteiger partial charge is 0.131 e. The van der Waals surface area contributed by atoms with Gasteiger partial charge in [0.2, 0.25) is 0 Å². The van der Waals surface area contributed by atoms with E-state index in [1.54, 1.807) is 12.1 Å². The van der Waals surface area contributed by atoms with Crippen LogP contribution in [-0.2, 0) is 0 Å². The number of hydrogen-bond donors (Lipinski definition) is 0. The third-order valence-corrected chi connectivity index (χ3v) is 5.29. The predicted molar refractivity (Wildman–Crippen MR) is 112 cm³/mol. The van der Waals surface area contributed by atoms with Gasteiger partial charge in [0.15, 0.2) is 0 Å². The molecule has 3 heteroatoms. The summed E-state index contributed by atoms with van der Waals surface area (Å²) in [6.07, 6.45) is 1.82. The summed E-state index contributed by atoms with van der Waals surface area (Å²) in [6.45, 7) is 1.99. The first-order chi connectivity index (χ1) is 13.7. The van der Waals surface area contributed by atoms with E-state index in [-0.39, 0.29) is 5.82 Å². The van der Waals surface area contributed by atoms with Gasteiger partial charge >= 0.3 is 0 Å². The Morgan fingerprint density at radius 3 is 2.36 bits per heavy atom. The molecule has 132 valence electrons. The Morgan fingerprint density at radius 2 is 1.57 bits per heavy atom. The highest BCUT2D eigenvalue weighted by Crippen LogP contribution is 2.36. The number of halogens is 1.